The number of hydrogen-bond acceptors (Lipinski definition) is 6. The van der Waals surface area contributed by atoms with Crippen molar-refractivity contribution >= 4 is 17.5 Å². The summed E-state index contributed by atoms with van der Waals surface area (Å²) in [6, 6.07) is 8.46. The molecule has 1 aromatic carbocycles. The summed E-state index contributed by atoms with van der Waals surface area (Å²) < 4.78 is 8.22. The van der Waals surface area contributed by atoms with Gasteiger partial charge in [0.15, 0.2) is 5.65 Å². The third kappa shape index (κ3) is 5.71. The van der Waals surface area contributed by atoms with Crippen molar-refractivity contribution in [2.75, 3.05) is 23.3 Å². The lowest BCUT2D eigenvalue weighted by Crippen LogP contribution is -2.34. The predicted molar refractivity (Wildman–Crippen MR) is 141 cm³/mol. The summed E-state index contributed by atoms with van der Waals surface area (Å²) in [5.74, 6) is 3.63. The minimum atomic E-state index is 0.343. The second-order valence-electron chi connectivity index (χ2n) is 10.7. The summed E-state index contributed by atoms with van der Waals surface area (Å²) in [7, 11) is 0. The Kier molecular flexibility index (Phi) is 7.40. The number of benzene rings is 1. The van der Waals surface area contributed by atoms with Crippen LogP contribution in [0.25, 0.3) is 5.65 Å². The first-order chi connectivity index (χ1) is 17.1. The summed E-state index contributed by atoms with van der Waals surface area (Å²) in [5.41, 5.74) is 3.23. The highest BCUT2D eigenvalue weighted by Crippen LogP contribution is 2.27. The molecule has 7 heteroatoms. The lowest BCUT2D eigenvalue weighted by Gasteiger charge is -2.30. The van der Waals surface area contributed by atoms with Crippen LogP contribution in [0.15, 0.2) is 30.5 Å². The average Bonchev–Trinajstić information content (AvgIpc) is 3.13. The zero-order chi connectivity index (χ0) is 24.2. The first-order valence-corrected chi connectivity index (χ1v) is 13.6. The molecule has 7 nitrogen and oxygen atoms in total. The number of ether oxygens (including phenoxy) is 1. The lowest BCUT2D eigenvalue weighted by molar-refractivity contribution is 0.183. The first kappa shape index (κ1) is 23.9. The Morgan fingerprint density at radius 3 is 2.54 bits per heavy atom. The maximum Gasteiger partial charge on any atom is 0.230 e. The normalized spacial score (nSPS) is 18.2. The van der Waals surface area contributed by atoms with E-state index in [0.717, 1.165) is 60.7 Å². The summed E-state index contributed by atoms with van der Waals surface area (Å²) in [4.78, 5) is 12.2. The number of aromatic nitrogens is 4. The Labute approximate surface area is 209 Å². The van der Waals surface area contributed by atoms with Crippen LogP contribution < -0.4 is 15.0 Å². The van der Waals surface area contributed by atoms with E-state index < -0.39 is 0 Å². The van der Waals surface area contributed by atoms with Crippen LogP contribution in [-0.2, 0) is 6.54 Å². The monoisotopic (exact) mass is 476 g/mol. The molecule has 0 unspecified atom stereocenters. The van der Waals surface area contributed by atoms with Gasteiger partial charge in [-0.1, -0.05) is 45.7 Å². The van der Waals surface area contributed by atoms with E-state index in [1.807, 2.05) is 10.7 Å². The fourth-order valence-corrected chi connectivity index (χ4v) is 5.22. The van der Waals surface area contributed by atoms with E-state index in [1.165, 1.54) is 44.1 Å². The number of piperidine rings is 1. The molecule has 0 radical (unpaired) electrons. The van der Waals surface area contributed by atoms with Gasteiger partial charge in [0.1, 0.15) is 5.75 Å². The van der Waals surface area contributed by atoms with Crippen molar-refractivity contribution in [1.82, 2.24) is 19.6 Å². The highest BCUT2D eigenvalue weighted by Gasteiger charge is 2.22. The Hall–Kier alpha value is -2.83. The van der Waals surface area contributed by atoms with Crippen LogP contribution in [0, 0.1) is 5.92 Å². The minimum Gasteiger partial charge on any atom is -0.490 e. The second kappa shape index (κ2) is 10.8. The minimum absolute atomic E-state index is 0.343. The third-order valence-electron chi connectivity index (χ3n) is 7.53. The van der Waals surface area contributed by atoms with Gasteiger partial charge in [0.25, 0.3) is 0 Å². The lowest BCUT2D eigenvalue weighted by atomic mass is 10.00. The highest BCUT2D eigenvalue weighted by atomic mass is 16.5. The molecule has 188 valence electrons. The van der Waals surface area contributed by atoms with E-state index in [2.05, 4.69) is 60.4 Å². The SMILES string of the molecule is CC1CCN(c2nc(NCc3cccc(OC4CCCCCC4)c3)n3ncc(C(C)C)c3n2)CC1. The van der Waals surface area contributed by atoms with E-state index in [-0.39, 0.29) is 0 Å². The Bertz CT molecular complexity index is 1110. The van der Waals surface area contributed by atoms with Gasteiger partial charge in [0.2, 0.25) is 11.9 Å². The molecule has 0 atom stereocenters. The van der Waals surface area contributed by atoms with Crippen molar-refractivity contribution in [1.29, 1.82) is 0 Å². The van der Waals surface area contributed by atoms with Gasteiger partial charge in [-0.15, -0.1) is 0 Å². The molecule has 1 aliphatic carbocycles. The van der Waals surface area contributed by atoms with Crippen molar-refractivity contribution in [2.24, 2.45) is 5.92 Å². The summed E-state index contributed by atoms with van der Waals surface area (Å²) >= 11 is 0. The Morgan fingerprint density at radius 1 is 1.03 bits per heavy atom. The van der Waals surface area contributed by atoms with Crippen LogP contribution in [0.2, 0.25) is 0 Å². The quantitative estimate of drug-likeness (QED) is 0.410. The maximum absolute atomic E-state index is 6.36. The fourth-order valence-electron chi connectivity index (χ4n) is 5.22. The zero-order valence-electron chi connectivity index (χ0n) is 21.5. The summed E-state index contributed by atoms with van der Waals surface area (Å²) in [6.07, 6.45) is 12.2. The van der Waals surface area contributed by atoms with E-state index in [9.17, 15) is 0 Å². The van der Waals surface area contributed by atoms with Crippen LogP contribution in [0.5, 0.6) is 5.75 Å². The molecule has 1 saturated heterocycles. The molecular formula is C28H40N6O. The summed E-state index contributed by atoms with van der Waals surface area (Å²) in [5, 5.41) is 8.19. The van der Waals surface area contributed by atoms with E-state index in [4.69, 9.17) is 14.7 Å². The number of anilines is 2. The van der Waals surface area contributed by atoms with Gasteiger partial charge in [-0.25, -0.2) is 0 Å². The van der Waals surface area contributed by atoms with Crippen LogP contribution in [0.1, 0.15) is 89.2 Å². The second-order valence-corrected chi connectivity index (χ2v) is 10.7. The molecular weight excluding hydrogens is 436 g/mol. The smallest absolute Gasteiger partial charge is 0.230 e. The van der Waals surface area contributed by atoms with Crippen molar-refractivity contribution < 1.29 is 4.74 Å². The Morgan fingerprint density at radius 2 is 1.80 bits per heavy atom. The number of rotatable bonds is 7. The largest absolute Gasteiger partial charge is 0.490 e. The number of nitrogens with zero attached hydrogens (tertiary/aromatic N) is 5. The van der Waals surface area contributed by atoms with Gasteiger partial charge in [-0.05, 0) is 68.1 Å². The molecule has 0 bridgehead atoms. The number of fused-ring (bicyclic) bond motifs is 1. The predicted octanol–water partition coefficient (Wildman–Crippen LogP) is 6.20. The number of hydrogen-bond donors (Lipinski definition) is 1. The van der Waals surface area contributed by atoms with Crippen LogP contribution in [-0.4, -0.2) is 38.8 Å². The first-order valence-electron chi connectivity index (χ1n) is 13.6. The van der Waals surface area contributed by atoms with Gasteiger partial charge < -0.3 is 15.0 Å². The molecule has 5 rings (SSSR count). The summed E-state index contributed by atoms with van der Waals surface area (Å²) in [6.45, 7) is 9.37. The van der Waals surface area contributed by atoms with Gasteiger partial charge in [0, 0.05) is 25.2 Å². The molecule has 0 amide bonds. The standard InChI is InChI=1S/C28H40N6O/c1-20(2)25-19-30-34-26(25)31-28(33-15-13-21(3)14-16-33)32-27(34)29-18-22-9-8-12-24(17-22)35-23-10-6-4-5-7-11-23/h8-9,12,17,19-21,23H,4-7,10-11,13-16,18H2,1-3H3,(H,29,31,32). The molecule has 2 aromatic heterocycles. The Balaban J connectivity index is 1.35. The topological polar surface area (TPSA) is 67.6 Å². The van der Waals surface area contributed by atoms with Gasteiger partial charge in [-0.2, -0.15) is 19.6 Å². The van der Waals surface area contributed by atoms with Crippen LogP contribution in [0.4, 0.5) is 11.9 Å². The molecule has 1 N–H and O–H groups in total. The van der Waals surface area contributed by atoms with Gasteiger partial charge in [0.05, 0.1) is 12.3 Å². The maximum atomic E-state index is 6.36. The molecule has 0 spiro atoms. The van der Waals surface area contributed by atoms with Gasteiger partial charge >= 0.3 is 0 Å². The molecule has 1 saturated carbocycles. The third-order valence-corrected chi connectivity index (χ3v) is 7.53. The number of nitrogens with one attached hydrogen (secondary N) is 1. The molecule has 3 heterocycles. The fraction of sp³-hybridized carbons (Fsp3) is 0.607. The van der Waals surface area contributed by atoms with Crippen LogP contribution >= 0.6 is 0 Å². The van der Waals surface area contributed by atoms with E-state index >= 15 is 0 Å². The molecule has 2 fully saturated rings. The van der Waals surface area contributed by atoms with Crippen LogP contribution in [0.3, 0.4) is 0 Å². The zero-order valence-corrected chi connectivity index (χ0v) is 21.5. The van der Waals surface area contributed by atoms with Crippen molar-refractivity contribution in [3.8, 4) is 5.75 Å². The van der Waals surface area contributed by atoms with E-state index in [0.29, 0.717) is 18.6 Å². The molecule has 1 aliphatic heterocycles. The van der Waals surface area contributed by atoms with Gasteiger partial charge in [-0.3, -0.25) is 0 Å². The van der Waals surface area contributed by atoms with E-state index in [1.54, 1.807) is 0 Å². The molecule has 2 aliphatic rings. The van der Waals surface area contributed by atoms with Crippen molar-refractivity contribution in [2.45, 2.75) is 90.7 Å². The average molecular weight is 477 g/mol. The van der Waals surface area contributed by atoms with Crippen molar-refractivity contribution in [3.63, 3.8) is 0 Å². The van der Waals surface area contributed by atoms with Crippen molar-refractivity contribution in [3.05, 3.63) is 41.6 Å². The molecule has 3 aromatic rings. The molecule has 35 heavy (non-hydrogen) atoms. The highest BCUT2D eigenvalue weighted by molar-refractivity contribution is 5.56.